The molecule has 0 atom stereocenters. The molecule has 0 saturated heterocycles. The van der Waals surface area contributed by atoms with Crippen LogP contribution in [0.3, 0.4) is 0 Å². The van der Waals surface area contributed by atoms with E-state index < -0.39 is 0 Å². The minimum absolute atomic E-state index is 0.0988. The van der Waals surface area contributed by atoms with Gasteiger partial charge in [0.1, 0.15) is 5.75 Å². The van der Waals surface area contributed by atoms with E-state index in [2.05, 4.69) is 0 Å². The normalized spacial score (nSPS) is 10.1. The molecule has 3 N–H and O–H groups in total. The van der Waals surface area contributed by atoms with Gasteiger partial charge < -0.3 is 20.5 Å². The summed E-state index contributed by atoms with van der Waals surface area (Å²) in [6.45, 7) is 0. The average Bonchev–Trinajstić information content (AvgIpc) is 2.45. The number of hydrogen-bond acceptors (Lipinski definition) is 4. The van der Waals surface area contributed by atoms with Crippen LogP contribution in [0, 0.1) is 0 Å². The van der Waals surface area contributed by atoms with E-state index in [4.69, 9.17) is 10.5 Å². The standard InChI is InChI=1S/C15H16N2O3/c1-17(10-5-3-6-11(18)9-10)15(19)12-7-4-8-13(16)14(12)20-2/h3-9,18H,16H2,1-2H3. The van der Waals surface area contributed by atoms with Crippen molar-refractivity contribution in [2.75, 3.05) is 24.8 Å². The fourth-order valence-electron chi connectivity index (χ4n) is 1.95. The second-order valence-corrected chi connectivity index (χ2v) is 4.31. The first kappa shape index (κ1) is 13.7. The van der Waals surface area contributed by atoms with Gasteiger partial charge in [0.25, 0.3) is 5.91 Å². The molecular formula is C15H16N2O3. The number of phenolic OH excluding ortho intramolecular Hbond substituents is 1. The number of aromatic hydroxyl groups is 1. The molecule has 0 aliphatic rings. The number of carbonyl (C=O) groups is 1. The van der Waals surface area contributed by atoms with E-state index in [1.807, 2.05) is 0 Å². The number of anilines is 2. The molecule has 0 saturated carbocycles. The second-order valence-electron chi connectivity index (χ2n) is 4.31. The SMILES string of the molecule is COc1c(N)cccc1C(=O)N(C)c1cccc(O)c1. The Morgan fingerprint density at radius 2 is 1.95 bits per heavy atom. The number of para-hydroxylation sites is 1. The Morgan fingerprint density at radius 1 is 1.25 bits per heavy atom. The molecule has 1 amide bonds. The van der Waals surface area contributed by atoms with E-state index in [1.165, 1.54) is 18.1 Å². The van der Waals surface area contributed by atoms with Gasteiger partial charge in [0, 0.05) is 18.8 Å². The predicted molar refractivity (Wildman–Crippen MR) is 78.2 cm³/mol. The van der Waals surface area contributed by atoms with Crippen molar-refractivity contribution in [2.24, 2.45) is 0 Å². The maximum absolute atomic E-state index is 12.5. The molecule has 0 unspecified atom stereocenters. The Balaban J connectivity index is 2.39. The zero-order valence-electron chi connectivity index (χ0n) is 11.3. The van der Waals surface area contributed by atoms with Crippen molar-refractivity contribution in [1.82, 2.24) is 0 Å². The van der Waals surface area contributed by atoms with Crippen molar-refractivity contribution in [2.45, 2.75) is 0 Å². The van der Waals surface area contributed by atoms with Gasteiger partial charge in [0.2, 0.25) is 0 Å². The zero-order chi connectivity index (χ0) is 14.7. The van der Waals surface area contributed by atoms with Gasteiger partial charge in [-0.1, -0.05) is 12.1 Å². The smallest absolute Gasteiger partial charge is 0.261 e. The van der Waals surface area contributed by atoms with Crippen LogP contribution in [0.25, 0.3) is 0 Å². The second kappa shape index (κ2) is 5.52. The van der Waals surface area contributed by atoms with Gasteiger partial charge in [0.05, 0.1) is 18.4 Å². The van der Waals surface area contributed by atoms with E-state index in [1.54, 1.807) is 43.4 Å². The number of methoxy groups -OCH3 is 1. The summed E-state index contributed by atoms with van der Waals surface area (Å²) in [6, 6.07) is 11.5. The summed E-state index contributed by atoms with van der Waals surface area (Å²) >= 11 is 0. The highest BCUT2D eigenvalue weighted by molar-refractivity contribution is 6.08. The number of rotatable bonds is 3. The number of ether oxygens (including phenoxy) is 1. The highest BCUT2D eigenvalue weighted by atomic mass is 16.5. The third kappa shape index (κ3) is 2.51. The molecule has 5 nitrogen and oxygen atoms in total. The molecule has 0 spiro atoms. The number of benzene rings is 2. The van der Waals surface area contributed by atoms with E-state index in [0.29, 0.717) is 22.7 Å². The molecular weight excluding hydrogens is 256 g/mol. The van der Waals surface area contributed by atoms with Crippen molar-refractivity contribution < 1.29 is 14.6 Å². The van der Waals surface area contributed by atoms with Gasteiger partial charge in [0.15, 0.2) is 5.75 Å². The molecule has 0 heterocycles. The van der Waals surface area contributed by atoms with Crippen LogP contribution >= 0.6 is 0 Å². The van der Waals surface area contributed by atoms with Crippen molar-refractivity contribution >= 4 is 17.3 Å². The minimum atomic E-state index is -0.264. The maximum atomic E-state index is 12.5. The molecule has 0 radical (unpaired) electrons. The molecule has 2 aromatic carbocycles. The third-order valence-corrected chi connectivity index (χ3v) is 3.00. The van der Waals surface area contributed by atoms with Crippen molar-refractivity contribution in [3.63, 3.8) is 0 Å². The van der Waals surface area contributed by atoms with Crippen LogP contribution in [0.5, 0.6) is 11.5 Å². The Bertz CT molecular complexity index is 641. The lowest BCUT2D eigenvalue weighted by Crippen LogP contribution is -2.26. The number of nitrogens with two attached hydrogens (primary N) is 1. The Labute approximate surface area is 117 Å². The molecule has 0 fully saturated rings. The number of carbonyl (C=O) groups excluding carboxylic acids is 1. The fraction of sp³-hybridized carbons (Fsp3) is 0.133. The topological polar surface area (TPSA) is 75.8 Å². The lowest BCUT2D eigenvalue weighted by molar-refractivity contribution is 0.0990. The number of nitrogen functional groups attached to an aromatic ring is 1. The van der Waals surface area contributed by atoms with Crippen LogP contribution in [-0.4, -0.2) is 25.2 Å². The summed E-state index contributed by atoms with van der Waals surface area (Å²) in [5.41, 5.74) is 7.16. The van der Waals surface area contributed by atoms with Gasteiger partial charge in [-0.25, -0.2) is 0 Å². The van der Waals surface area contributed by atoms with Crippen LogP contribution in [0.15, 0.2) is 42.5 Å². The summed E-state index contributed by atoms with van der Waals surface area (Å²) in [4.78, 5) is 13.9. The van der Waals surface area contributed by atoms with E-state index in [-0.39, 0.29) is 11.7 Å². The predicted octanol–water partition coefficient (Wildman–Crippen LogP) is 2.26. The average molecular weight is 272 g/mol. The Morgan fingerprint density at radius 3 is 2.60 bits per heavy atom. The summed E-state index contributed by atoms with van der Waals surface area (Å²) in [6.07, 6.45) is 0. The van der Waals surface area contributed by atoms with E-state index in [9.17, 15) is 9.90 Å². The van der Waals surface area contributed by atoms with Gasteiger partial charge >= 0.3 is 0 Å². The molecule has 0 aromatic heterocycles. The largest absolute Gasteiger partial charge is 0.508 e. The molecule has 0 aliphatic heterocycles. The maximum Gasteiger partial charge on any atom is 0.261 e. The Hall–Kier alpha value is -2.69. The van der Waals surface area contributed by atoms with Crippen LogP contribution in [0.2, 0.25) is 0 Å². The van der Waals surface area contributed by atoms with E-state index >= 15 is 0 Å². The first-order chi connectivity index (χ1) is 9.54. The zero-order valence-corrected chi connectivity index (χ0v) is 11.3. The van der Waals surface area contributed by atoms with Crippen molar-refractivity contribution in [3.05, 3.63) is 48.0 Å². The molecule has 0 bridgehead atoms. The van der Waals surface area contributed by atoms with Crippen molar-refractivity contribution in [3.8, 4) is 11.5 Å². The molecule has 2 rings (SSSR count). The number of hydrogen-bond donors (Lipinski definition) is 2. The van der Waals surface area contributed by atoms with Gasteiger partial charge in [-0.2, -0.15) is 0 Å². The van der Waals surface area contributed by atoms with Crippen molar-refractivity contribution in [1.29, 1.82) is 0 Å². The molecule has 5 heteroatoms. The molecule has 2 aromatic rings. The van der Waals surface area contributed by atoms with Crippen LogP contribution < -0.4 is 15.4 Å². The Kier molecular flexibility index (Phi) is 3.79. The first-order valence-electron chi connectivity index (χ1n) is 6.04. The molecule has 104 valence electrons. The highest BCUT2D eigenvalue weighted by Gasteiger charge is 2.19. The van der Waals surface area contributed by atoms with Crippen LogP contribution in [-0.2, 0) is 0 Å². The van der Waals surface area contributed by atoms with Gasteiger partial charge in [-0.3, -0.25) is 4.79 Å². The van der Waals surface area contributed by atoms with Gasteiger partial charge in [-0.15, -0.1) is 0 Å². The number of amides is 1. The molecule has 0 aliphatic carbocycles. The van der Waals surface area contributed by atoms with Crippen LogP contribution in [0.1, 0.15) is 10.4 Å². The summed E-state index contributed by atoms with van der Waals surface area (Å²) in [7, 11) is 3.09. The van der Waals surface area contributed by atoms with Gasteiger partial charge in [-0.05, 0) is 24.3 Å². The summed E-state index contributed by atoms with van der Waals surface area (Å²) < 4.78 is 5.19. The fourth-order valence-corrected chi connectivity index (χ4v) is 1.95. The number of phenols is 1. The lowest BCUT2D eigenvalue weighted by Gasteiger charge is -2.19. The lowest BCUT2D eigenvalue weighted by atomic mass is 10.1. The first-order valence-corrected chi connectivity index (χ1v) is 6.04. The summed E-state index contributed by atoms with van der Waals surface area (Å²) in [5, 5.41) is 9.48. The quantitative estimate of drug-likeness (QED) is 0.840. The monoisotopic (exact) mass is 272 g/mol. The summed E-state index contributed by atoms with van der Waals surface area (Å²) in [5.74, 6) is 0.186. The number of nitrogens with zero attached hydrogens (tertiary/aromatic N) is 1. The van der Waals surface area contributed by atoms with E-state index in [0.717, 1.165) is 0 Å². The highest BCUT2D eigenvalue weighted by Crippen LogP contribution is 2.28. The van der Waals surface area contributed by atoms with Crippen LogP contribution in [0.4, 0.5) is 11.4 Å². The molecule has 20 heavy (non-hydrogen) atoms. The third-order valence-electron chi connectivity index (χ3n) is 3.00. The minimum Gasteiger partial charge on any atom is -0.508 e.